The molecule has 0 aliphatic rings. The molecule has 2 aromatic heterocycles. The maximum absolute atomic E-state index is 13.2. The van der Waals surface area contributed by atoms with E-state index >= 15 is 0 Å². The summed E-state index contributed by atoms with van der Waals surface area (Å²) >= 11 is 0. The summed E-state index contributed by atoms with van der Waals surface area (Å²) in [5, 5.41) is 5.13. The third kappa shape index (κ3) is 2.42. The number of hydrogen-bond acceptors (Lipinski definition) is 3. The number of fused-ring (bicyclic) bond motifs is 7. The minimum atomic E-state index is -0.181. The van der Waals surface area contributed by atoms with E-state index in [2.05, 4.69) is 16.0 Å². The van der Waals surface area contributed by atoms with Crippen molar-refractivity contribution >= 4 is 55.1 Å². The molecule has 6 aromatic rings. The van der Waals surface area contributed by atoms with Gasteiger partial charge in [0.25, 0.3) is 5.82 Å². The summed E-state index contributed by atoms with van der Waals surface area (Å²) in [6.45, 7) is -0.101. The van der Waals surface area contributed by atoms with Gasteiger partial charge in [0.2, 0.25) is 0 Å². The predicted molar refractivity (Wildman–Crippen MR) is 125 cm³/mol. The zero-order valence-corrected chi connectivity index (χ0v) is 16.6. The number of nitrogens with one attached hydrogen (secondary N) is 2. The van der Waals surface area contributed by atoms with Crippen molar-refractivity contribution in [3.05, 3.63) is 72.9 Å². The third-order valence-electron chi connectivity index (χ3n) is 5.98. The number of aromatic amines is 2. The molecule has 0 fully saturated rings. The van der Waals surface area contributed by atoms with Gasteiger partial charge in [0.05, 0.1) is 12.1 Å². The van der Waals surface area contributed by atoms with Crippen LogP contribution in [-0.2, 0) is 0 Å². The lowest BCUT2D eigenvalue weighted by molar-refractivity contribution is -0.330. The van der Waals surface area contributed by atoms with E-state index < -0.39 is 0 Å². The second kappa shape index (κ2) is 6.42. The zero-order chi connectivity index (χ0) is 21.1. The van der Waals surface area contributed by atoms with Gasteiger partial charge in [-0.15, -0.1) is 0 Å². The number of H-pyrrole nitrogens is 2. The normalized spacial score (nSPS) is 11.8. The summed E-state index contributed by atoms with van der Waals surface area (Å²) in [6.07, 6.45) is 1.93. The van der Waals surface area contributed by atoms with Crippen LogP contribution in [0.2, 0.25) is 0 Å². The van der Waals surface area contributed by atoms with Crippen LogP contribution in [0, 0.1) is 0 Å². The average Bonchev–Trinajstić information content (AvgIpc) is 3.40. The van der Waals surface area contributed by atoms with Crippen molar-refractivity contribution in [1.82, 2.24) is 9.55 Å². The molecule has 0 spiro atoms. The molecular weight excluding hydrogens is 386 g/mol. The number of nitrogen functional groups attached to an aromatic ring is 1. The number of carbonyl (C=O) groups is 1. The van der Waals surface area contributed by atoms with E-state index in [0.29, 0.717) is 11.5 Å². The van der Waals surface area contributed by atoms with E-state index in [1.165, 1.54) is 0 Å². The van der Waals surface area contributed by atoms with E-state index in [0.717, 1.165) is 49.0 Å². The molecule has 0 bridgehead atoms. The lowest BCUT2D eigenvalue weighted by Crippen LogP contribution is -2.23. The Kier molecular flexibility index (Phi) is 3.66. The van der Waals surface area contributed by atoms with Gasteiger partial charge < -0.3 is 16.5 Å². The van der Waals surface area contributed by atoms with Gasteiger partial charge >= 0.3 is 5.91 Å². The van der Waals surface area contributed by atoms with Crippen LogP contribution in [0.4, 0.5) is 5.69 Å². The Labute approximate surface area is 177 Å². The number of para-hydroxylation sites is 1. The summed E-state index contributed by atoms with van der Waals surface area (Å²) in [5.74, 6) is 0.517. The number of nitrogens with two attached hydrogens (primary N) is 2. The van der Waals surface area contributed by atoms with Crippen LogP contribution < -0.4 is 16.5 Å². The van der Waals surface area contributed by atoms with Crippen LogP contribution in [0.1, 0.15) is 4.79 Å². The molecule has 2 heterocycles. The molecule has 0 aliphatic carbocycles. The van der Waals surface area contributed by atoms with Crippen LogP contribution in [0.15, 0.2) is 72.9 Å². The van der Waals surface area contributed by atoms with Gasteiger partial charge in [-0.2, -0.15) is 4.57 Å². The van der Waals surface area contributed by atoms with Crippen molar-refractivity contribution in [2.24, 2.45) is 5.73 Å². The van der Waals surface area contributed by atoms with E-state index in [9.17, 15) is 4.79 Å². The maximum Gasteiger partial charge on any atom is 0.328 e. The Balaban J connectivity index is 1.87. The Hall–Kier alpha value is -4.16. The predicted octanol–water partition coefficient (Wildman–Crippen LogP) is 4.09. The molecule has 6 N–H and O–H groups in total. The van der Waals surface area contributed by atoms with E-state index in [4.69, 9.17) is 11.5 Å². The number of anilines is 1. The first-order chi connectivity index (χ1) is 15.2. The van der Waals surface area contributed by atoms with Gasteiger partial charge in [-0.1, -0.05) is 42.5 Å². The molecule has 6 heteroatoms. The summed E-state index contributed by atoms with van der Waals surface area (Å²) in [4.78, 5) is 20.0. The van der Waals surface area contributed by atoms with Crippen LogP contribution in [0.5, 0.6) is 0 Å². The Morgan fingerprint density at radius 1 is 0.903 bits per heavy atom. The lowest BCUT2D eigenvalue weighted by atomic mass is 9.99. The van der Waals surface area contributed by atoms with Gasteiger partial charge in [0.15, 0.2) is 11.0 Å². The van der Waals surface area contributed by atoms with E-state index in [1.807, 2.05) is 66.9 Å². The number of benzene rings is 4. The second-order valence-electron chi connectivity index (χ2n) is 7.73. The van der Waals surface area contributed by atoms with Crippen molar-refractivity contribution in [1.29, 1.82) is 0 Å². The summed E-state index contributed by atoms with van der Waals surface area (Å²) in [6, 6.07) is 22.0. The van der Waals surface area contributed by atoms with Crippen LogP contribution in [-0.4, -0.2) is 22.0 Å². The minimum Gasteiger partial charge on any atom is -0.399 e. The fourth-order valence-corrected chi connectivity index (χ4v) is 4.63. The molecule has 0 radical (unpaired) electrons. The van der Waals surface area contributed by atoms with Crippen LogP contribution in [0.3, 0.4) is 0 Å². The second-order valence-corrected chi connectivity index (χ2v) is 7.73. The molecule has 0 atom stereocenters. The lowest BCUT2D eigenvalue weighted by Gasteiger charge is -2.06. The monoisotopic (exact) mass is 406 g/mol. The van der Waals surface area contributed by atoms with Gasteiger partial charge in [0, 0.05) is 33.6 Å². The maximum atomic E-state index is 13.2. The first-order valence-corrected chi connectivity index (χ1v) is 10.1. The number of rotatable bonds is 2. The Morgan fingerprint density at radius 2 is 1.61 bits per heavy atom. The van der Waals surface area contributed by atoms with Crippen LogP contribution >= 0.6 is 0 Å². The van der Waals surface area contributed by atoms with Crippen molar-refractivity contribution in [3.8, 4) is 11.4 Å². The number of imidazole rings is 1. The van der Waals surface area contributed by atoms with Crippen molar-refractivity contribution in [3.63, 3.8) is 0 Å². The molecular formula is C25H20N5O+. The smallest absolute Gasteiger partial charge is 0.328 e. The quantitative estimate of drug-likeness (QED) is 0.298. The minimum absolute atomic E-state index is 0.101. The van der Waals surface area contributed by atoms with Crippen molar-refractivity contribution < 1.29 is 9.78 Å². The van der Waals surface area contributed by atoms with Crippen molar-refractivity contribution in [2.45, 2.75) is 0 Å². The summed E-state index contributed by atoms with van der Waals surface area (Å²) < 4.78 is 1.72. The molecule has 150 valence electrons. The molecule has 0 saturated carbocycles. The van der Waals surface area contributed by atoms with Gasteiger partial charge in [-0.3, -0.25) is 0 Å². The fraction of sp³-hybridized carbons (Fsp3) is 0.0400. The largest absolute Gasteiger partial charge is 0.399 e. The average molecular weight is 406 g/mol. The first kappa shape index (κ1) is 17.7. The molecule has 0 amide bonds. The highest BCUT2D eigenvalue weighted by Gasteiger charge is 2.30. The van der Waals surface area contributed by atoms with E-state index in [1.54, 1.807) is 4.57 Å². The Bertz CT molecular complexity index is 1660. The summed E-state index contributed by atoms with van der Waals surface area (Å²) in [5.41, 5.74) is 16.3. The van der Waals surface area contributed by atoms with Gasteiger partial charge in [0.1, 0.15) is 0 Å². The molecule has 4 aromatic carbocycles. The number of nitrogens with zero attached hydrogens (tertiary/aromatic N) is 1. The highest BCUT2D eigenvalue weighted by molar-refractivity contribution is 6.24. The highest BCUT2D eigenvalue weighted by Crippen LogP contribution is 2.37. The molecule has 0 unspecified atom stereocenters. The number of hydrogen-bond donors (Lipinski definition) is 3. The standard InChI is InChI=1S/C25H19N5O/c26-12-22(31)30-24-18-7-2-1-5-15(18)16-10-9-14(27)11-19(16)23(24)29-25(30)20-13-28-21-8-4-3-6-17(20)21/h1-11,13,28H,12,26-27H2/p+1. The highest BCUT2D eigenvalue weighted by atomic mass is 16.2. The fourth-order valence-electron chi connectivity index (χ4n) is 4.63. The Morgan fingerprint density at radius 3 is 2.42 bits per heavy atom. The number of carbonyl (C=O) groups excluding carboxylic acids is 1. The zero-order valence-electron chi connectivity index (χ0n) is 16.6. The molecule has 6 rings (SSSR count). The third-order valence-corrected chi connectivity index (χ3v) is 5.98. The topological polar surface area (TPSA) is 104 Å². The van der Waals surface area contributed by atoms with Gasteiger partial charge in [-0.25, -0.2) is 9.78 Å². The van der Waals surface area contributed by atoms with Gasteiger partial charge in [-0.05, 0) is 35.0 Å². The first-order valence-electron chi connectivity index (χ1n) is 10.1. The van der Waals surface area contributed by atoms with Crippen molar-refractivity contribution in [2.75, 3.05) is 12.3 Å². The molecule has 6 nitrogen and oxygen atoms in total. The number of aromatic nitrogens is 3. The summed E-state index contributed by atoms with van der Waals surface area (Å²) in [7, 11) is 0. The van der Waals surface area contributed by atoms with E-state index in [-0.39, 0.29) is 12.5 Å². The SMILES string of the molecule is NCC(=O)n1c(-c2c[nH]c3ccccc23)[nH+]c2c3cc(N)ccc3c3ccccc3c21. The molecule has 31 heavy (non-hydrogen) atoms. The molecule has 0 aliphatic heterocycles. The van der Waals surface area contributed by atoms with Crippen LogP contribution in [0.25, 0.3) is 54.9 Å². The molecule has 0 saturated heterocycles.